The number of aliphatic imine (C=N–C) groups is 1. The van der Waals surface area contributed by atoms with Crippen LogP contribution in [0.5, 0.6) is 5.75 Å². The summed E-state index contributed by atoms with van der Waals surface area (Å²) in [6.45, 7) is 0. The van der Waals surface area contributed by atoms with Crippen LogP contribution in [0, 0.1) is 5.82 Å². The lowest BCUT2D eigenvalue weighted by Crippen LogP contribution is -2.35. The molecule has 198 valence electrons. The van der Waals surface area contributed by atoms with Gasteiger partial charge in [-0.3, -0.25) is 4.79 Å². The van der Waals surface area contributed by atoms with Gasteiger partial charge in [-0.15, -0.1) is 0 Å². The number of anilines is 1. The fourth-order valence-electron chi connectivity index (χ4n) is 3.90. The van der Waals surface area contributed by atoms with E-state index in [9.17, 15) is 27.2 Å². The number of amidine groups is 1. The molecule has 38 heavy (non-hydrogen) atoms. The summed E-state index contributed by atoms with van der Waals surface area (Å²) < 4.78 is 58.1. The molecular weight excluding hydrogens is 528 g/mol. The Kier molecular flexibility index (Phi) is 7.32. The normalized spacial score (nSPS) is 14.5. The summed E-state index contributed by atoms with van der Waals surface area (Å²) in [5.74, 6) is -1.55. The molecule has 0 unspecified atom stereocenters. The molecule has 4 N–H and O–H groups in total. The fourth-order valence-corrected chi connectivity index (χ4v) is 4.16. The summed E-state index contributed by atoms with van der Waals surface area (Å²) in [6, 6.07) is 11.8. The minimum Gasteiger partial charge on any atom is -0.496 e. The van der Waals surface area contributed by atoms with Gasteiger partial charge in [-0.1, -0.05) is 29.8 Å². The van der Waals surface area contributed by atoms with Gasteiger partial charge in [0.25, 0.3) is 5.91 Å². The molecule has 12 heteroatoms. The number of nitrogens with zero attached hydrogens (tertiary/aromatic N) is 1. The van der Waals surface area contributed by atoms with Gasteiger partial charge in [-0.05, 0) is 60.9 Å². The molecule has 0 heterocycles. The summed E-state index contributed by atoms with van der Waals surface area (Å²) in [5.41, 5.74) is 4.70. The lowest BCUT2D eigenvalue weighted by Gasteiger charge is -2.20. The van der Waals surface area contributed by atoms with Crippen LogP contribution in [0.2, 0.25) is 5.02 Å². The van der Waals surface area contributed by atoms with E-state index in [1.165, 1.54) is 49.6 Å². The number of rotatable bonds is 6. The van der Waals surface area contributed by atoms with Gasteiger partial charge >= 0.3 is 12.2 Å². The molecule has 4 rings (SSSR count). The maximum absolute atomic E-state index is 14.1. The zero-order chi connectivity index (χ0) is 27.7. The average Bonchev–Trinajstić information content (AvgIpc) is 3.64. The first-order valence-corrected chi connectivity index (χ1v) is 11.6. The Labute approximate surface area is 219 Å². The van der Waals surface area contributed by atoms with Gasteiger partial charge in [0, 0.05) is 5.69 Å². The van der Waals surface area contributed by atoms with Gasteiger partial charge in [0.1, 0.15) is 17.4 Å². The maximum Gasteiger partial charge on any atom is 0.416 e. The number of hydrogen-bond acceptors (Lipinski definition) is 3. The first kappa shape index (κ1) is 26.9. The molecule has 0 atom stereocenters. The van der Waals surface area contributed by atoms with Crippen LogP contribution in [0.15, 0.2) is 65.7 Å². The monoisotopic (exact) mass is 548 g/mol. The molecule has 0 aliphatic heterocycles. The lowest BCUT2D eigenvalue weighted by atomic mass is 10.0. The number of methoxy groups -OCH3 is 1. The van der Waals surface area contributed by atoms with Gasteiger partial charge in [0.05, 0.1) is 34.4 Å². The van der Waals surface area contributed by atoms with Crippen molar-refractivity contribution in [3.05, 3.63) is 93.8 Å². The van der Waals surface area contributed by atoms with Crippen molar-refractivity contribution in [2.45, 2.75) is 24.6 Å². The van der Waals surface area contributed by atoms with Gasteiger partial charge in [-0.25, -0.2) is 9.18 Å². The summed E-state index contributed by atoms with van der Waals surface area (Å²) in [7, 11) is 1.36. The van der Waals surface area contributed by atoms with Crippen LogP contribution in [0.25, 0.3) is 0 Å². The summed E-state index contributed by atoms with van der Waals surface area (Å²) in [4.78, 5) is 29.2. The second kappa shape index (κ2) is 10.3. The maximum atomic E-state index is 14.1. The Morgan fingerprint density at radius 3 is 2.34 bits per heavy atom. The Morgan fingerprint density at radius 2 is 1.76 bits per heavy atom. The highest BCUT2D eigenvalue weighted by molar-refractivity contribution is 6.34. The number of nitrogens with two attached hydrogens (primary N) is 1. The first-order valence-electron chi connectivity index (χ1n) is 11.2. The van der Waals surface area contributed by atoms with Gasteiger partial charge < -0.3 is 21.1 Å². The molecule has 0 bridgehead atoms. The molecule has 7 nitrogen and oxygen atoms in total. The van der Waals surface area contributed by atoms with Gasteiger partial charge in [-0.2, -0.15) is 18.2 Å². The van der Waals surface area contributed by atoms with E-state index in [0.717, 1.165) is 18.2 Å². The van der Waals surface area contributed by atoms with Crippen molar-refractivity contribution < 1.29 is 31.9 Å². The number of carbonyl (C=O) groups is 2. The predicted molar refractivity (Wildman–Crippen MR) is 134 cm³/mol. The fraction of sp³-hybridized carbons (Fsp3) is 0.192. The summed E-state index contributed by atoms with van der Waals surface area (Å²) >= 11 is 5.95. The highest BCUT2D eigenvalue weighted by atomic mass is 35.5. The molecule has 0 saturated heterocycles. The number of hydrogen-bond donors (Lipinski definition) is 3. The highest BCUT2D eigenvalue weighted by Crippen LogP contribution is 2.46. The number of halogens is 5. The highest BCUT2D eigenvalue weighted by Gasteiger charge is 2.46. The number of ether oxygens (including phenoxy) is 1. The summed E-state index contributed by atoms with van der Waals surface area (Å²) in [5, 5.41) is 5.28. The van der Waals surface area contributed by atoms with Crippen molar-refractivity contribution in [2.24, 2.45) is 10.7 Å². The van der Waals surface area contributed by atoms with Crippen molar-refractivity contribution >= 4 is 35.1 Å². The van der Waals surface area contributed by atoms with E-state index in [4.69, 9.17) is 22.1 Å². The predicted octanol–water partition coefficient (Wildman–Crippen LogP) is 5.86. The number of amides is 3. The molecule has 3 amide bonds. The zero-order valence-corrected chi connectivity index (χ0v) is 20.6. The number of benzene rings is 3. The van der Waals surface area contributed by atoms with Crippen LogP contribution in [-0.4, -0.2) is 24.9 Å². The number of urea groups is 1. The van der Waals surface area contributed by atoms with Gasteiger partial charge in [0.2, 0.25) is 0 Å². The molecule has 1 aliphatic rings. The molecule has 1 fully saturated rings. The van der Waals surface area contributed by atoms with Crippen LogP contribution in [0.1, 0.15) is 39.9 Å². The van der Waals surface area contributed by atoms with Crippen molar-refractivity contribution in [3.8, 4) is 5.75 Å². The standard InChI is InChI=1S/C26H21ClF4N4O3/c1-38-20-10-9-16(33-24(37)34-22(32)21-18(27)3-2-4-19(21)28)13-17(20)23(36)35-25(11-12-25)14-5-7-15(8-6-14)26(29,30)31/h2-10,13H,11-12H2,1H3,(H,35,36)(H3,32,33,34,37). The average molecular weight is 549 g/mol. The van der Waals surface area contributed by atoms with Crippen molar-refractivity contribution in [2.75, 3.05) is 12.4 Å². The first-order chi connectivity index (χ1) is 17.9. The Morgan fingerprint density at radius 1 is 1.08 bits per heavy atom. The van der Waals surface area contributed by atoms with Crippen molar-refractivity contribution in [3.63, 3.8) is 0 Å². The topological polar surface area (TPSA) is 106 Å². The molecular formula is C26H21ClF4N4O3. The van der Waals surface area contributed by atoms with E-state index in [0.29, 0.717) is 18.4 Å². The molecule has 1 saturated carbocycles. The molecule has 3 aromatic rings. The second-order valence-corrected chi connectivity index (χ2v) is 8.96. The third-order valence-corrected chi connectivity index (χ3v) is 6.32. The van der Waals surface area contributed by atoms with Crippen LogP contribution < -0.4 is 21.1 Å². The van der Waals surface area contributed by atoms with Crippen molar-refractivity contribution in [1.29, 1.82) is 0 Å². The van der Waals surface area contributed by atoms with Crippen LogP contribution in [-0.2, 0) is 11.7 Å². The van der Waals surface area contributed by atoms with Crippen LogP contribution in [0.4, 0.5) is 28.0 Å². The Hall–Kier alpha value is -4.12. The van der Waals surface area contributed by atoms with E-state index >= 15 is 0 Å². The minimum absolute atomic E-state index is 0.0236. The third kappa shape index (κ3) is 5.72. The molecule has 0 aromatic heterocycles. The zero-order valence-electron chi connectivity index (χ0n) is 19.8. The van der Waals surface area contributed by atoms with Crippen molar-refractivity contribution in [1.82, 2.24) is 5.32 Å². The molecule has 3 aromatic carbocycles. The van der Waals surface area contributed by atoms with E-state index < -0.39 is 40.9 Å². The number of carbonyl (C=O) groups excluding carboxylic acids is 2. The van der Waals surface area contributed by atoms with E-state index in [-0.39, 0.29) is 27.6 Å². The molecule has 1 aliphatic carbocycles. The number of alkyl halides is 3. The second-order valence-electron chi connectivity index (χ2n) is 8.55. The van der Waals surface area contributed by atoms with Gasteiger partial charge in [0.15, 0.2) is 0 Å². The minimum atomic E-state index is -4.47. The largest absolute Gasteiger partial charge is 0.496 e. The van der Waals surface area contributed by atoms with E-state index in [1.807, 2.05) is 0 Å². The SMILES string of the molecule is COc1ccc(NC(=O)/N=C(\N)c2c(F)cccc2Cl)cc1C(=O)NC1(c2ccc(C(F)(F)F)cc2)CC1. The van der Waals surface area contributed by atoms with E-state index in [1.54, 1.807) is 0 Å². The van der Waals surface area contributed by atoms with Crippen LogP contribution in [0.3, 0.4) is 0 Å². The van der Waals surface area contributed by atoms with E-state index in [2.05, 4.69) is 15.6 Å². The molecule has 0 spiro atoms. The Balaban J connectivity index is 1.52. The quantitative estimate of drug-likeness (QED) is 0.204. The lowest BCUT2D eigenvalue weighted by molar-refractivity contribution is -0.137. The smallest absolute Gasteiger partial charge is 0.416 e. The molecule has 0 radical (unpaired) electrons. The summed E-state index contributed by atoms with van der Waals surface area (Å²) in [6.07, 6.45) is -3.39. The Bertz CT molecular complexity index is 1400. The third-order valence-electron chi connectivity index (χ3n) is 6.00. The van der Waals surface area contributed by atoms with Crippen LogP contribution >= 0.6 is 11.6 Å². The number of nitrogens with one attached hydrogen (secondary N) is 2.